The van der Waals surface area contributed by atoms with Crippen LogP contribution in [0.25, 0.3) is 0 Å². The summed E-state index contributed by atoms with van der Waals surface area (Å²) in [6, 6.07) is 10.7. The Morgan fingerprint density at radius 1 is 1.21 bits per heavy atom. The SMILES string of the molecule is c1ccc(C[C@]23CCCC[C@@H]2O3)cc1. The zero-order chi connectivity index (χ0) is 9.43. The molecular formula is C13H16O. The van der Waals surface area contributed by atoms with E-state index in [0.717, 1.165) is 6.42 Å². The lowest BCUT2D eigenvalue weighted by Gasteiger charge is -2.16. The fraction of sp³-hybridized carbons (Fsp3) is 0.538. The third-order valence-corrected chi connectivity index (χ3v) is 3.57. The molecule has 1 aromatic carbocycles. The molecule has 1 nitrogen and oxygen atoms in total. The van der Waals surface area contributed by atoms with Crippen molar-refractivity contribution < 1.29 is 4.74 Å². The second-order valence-corrected chi connectivity index (χ2v) is 4.58. The van der Waals surface area contributed by atoms with E-state index < -0.39 is 0 Å². The average Bonchev–Trinajstić information content (AvgIpc) is 2.93. The van der Waals surface area contributed by atoms with Crippen molar-refractivity contribution in [2.45, 2.75) is 43.8 Å². The topological polar surface area (TPSA) is 12.5 Å². The van der Waals surface area contributed by atoms with E-state index in [1.807, 2.05) is 0 Å². The van der Waals surface area contributed by atoms with E-state index in [1.165, 1.54) is 31.2 Å². The fourth-order valence-electron chi connectivity index (χ4n) is 2.73. The molecule has 2 atom stereocenters. The highest BCUT2D eigenvalue weighted by atomic mass is 16.6. The van der Waals surface area contributed by atoms with Crippen molar-refractivity contribution in [2.75, 3.05) is 0 Å². The molecule has 1 saturated carbocycles. The highest BCUT2D eigenvalue weighted by Gasteiger charge is 2.56. The van der Waals surface area contributed by atoms with Gasteiger partial charge in [-0.15, -0.1) is 0 Å². The smallest absolute Gasteiger partial charge is 0.0988 e. The van der Waals surface area contributed by atoms with E-state index in [2.05, 4.69) is 30.3 Å². The Morgan fingerprint density at radius 2 is 2.07 bits per heavy atom. The molecule has 1 heterocycles. The molecule has 0 radical (unpaired) electrons. The fourth-order valence-corrected chi connectivity index (χ4v) is 2.73. The molecule has 74 valence electrons. The van der Waals surface area contributed by atoms with Crippen LogP contribution in [0.3, 0.4) is 0 Å². The molecule has 3 rings (SSSR count). The second kappa shape index (κ2) is 3.09. The second-order valence-electron chi connectivity index (χ2n) is 4.58. The van der Waals surface area contributed by atoms with Crippen LogP contribution in [-0.2, 0) is 11.2 Å². The Morgan fingerprint density at radius 3 is 2.86 bits per heavy atom. The van der Waals surface area contributed by atoms with Crippen LogP contribution < -0.4 is 0 Å². The third-order valence-electron chi connectivity index (χ3n) is 3.57. The molecular weight excluding hydrogens is 172 g/mol. The summed E-state index contributed by atoms with van der Waals surface area (Å²) < 4.78 is 5.87. The maximum atomic E-state index is 5.87. The summed E-state index contributed by atoms with van der Waals surface area (Å²) in [5.74, 6) is 0. The van der Waals surface area contributed by atoms with Gasteiger partial charge in [-0.25, -0.2) is 0 Å². The number of hydrogen-bond donors (Lipinski definition) is 0. The predicted octanol–water partition coefficient (Wildman–Crippen LogP) is 2.94. The first-order valence-corrected chi connectivity index (χ1v) is 5.61. The standard InChI is InChI=1S/C13H16O/c1-2-6-11(7-3-1)10-13-9-5-4-8-12(13)14-13/h1-3,6-7,12H,4-5,8-10H2/t12-,13+/m0/s1. The van der Waals surface area contributed by atoms with Gasteiger partial charge < -0.3 is 4.74 Å². The summed E-state index contributed by atoms with van der Waals surface area (Å²) in [6.07, 6.45) is 6.97. The van der Waals surface area contributed by atoms with E-state index >= 15 is 0 Å². The summed E-state index contributed by atoms with van der Waals surface area (Å²) in [6.45, 7) is 0. The van der Waals surface area contributed by atoms with Gasteiger partial charge in [0.05, 0.1) is 11.7 Å². The molecule has 2 fully saturated rings. The minimum Gasteiger partial charge on any atom is -0.366 e. The molecule has 0 bridgehead atoms. The molecule has 0 aromatic heterocycles. The van der Waals surface area contributed by atoms with Crippen molar-refractivity contribution in [3.05, 3.63) is 35.9 Å². The molecule has 1 aliphatic heterocycles. The van der Waals surface area contributed by atoms with Crippen LogP contribution in [0.1, 0.15) is 31.2 Å². The Hall–Kier alpha value is -0.820. The largest absolute Gasteiger partial charge is 0.366 e. The summed E-state index contributed by atoms with van der Waals surface area (Å²) in [5.41, 5.74) is 1.68. The van der Waals surface area contributed by atoms with Gasteiger partial charge in [-0.05, 0) is 18.4 Å². The van der Waals surface area contributed by atoms with Crippen molar-refractivity contribution in [2.24, 2.45) is 0 Å². The minimum atomic E-state index is 0.250. The number of fused-ring (bicyclic) bond motifs is 1. The van der Waals surface area contributed by atoms with Crippen molar-refractivity contribution in [1.29, 1.82) is 0 Å². The third kappa shape index (κ3) is 1.36. The Labute approximate surface area is 85.1 Å². The molecule has 1 aliphatic carbocycles. The Bertz CT molecular complexity index is 319. The van der Waals surface area contributed by atoms with Gasteiger partial charge in [0, 0.05) is 6.42 Å². The summed E-state index contributed by atoms with van der Waals surface area (Å²) in [7, 11) is 0. The molecule has 0 amide bonds. The van der Waals surface area contributed by atoms with Crippen LogP contribution in [0.5, 0.6) is 0 Å². The van der Waals surface area contributed by atoms with Crippen LogP contribution in [-0.4, -0.2) is 11.7 Å². The maximum Gasteiger partial charge on any atom is 0.0988 e. The van der Waals surface area contributed by atoms with Gasteiger partial charge in [0.1, 0.15) is 0 Å². The maximum absolute atomic E-state index is 5.87. The van der Waals surface area contributed by atoms with Crippen LogP contribution in [0.4, 0.5) is 0 Å². The van der Waals surface area contributed by atoms with Crippen molar-refractivity contribution >= 4 is 0 Å². The highest BCUT2D eigenvalue weighted by Crippen LogP contribution is 2.49. The lowest BCUT2D eigenvalue weighted by molar-refractivity contribution is 0.284. The Balaban J connectivity index is 1.74. The van der Waals surface area contributed by atoms with E-state index in [-0.39, 0.29) is 5.60 Å². The Kier molecular flexibility index (Phi) is 1.88. The number of ether oxygens (including phenoxy) is 1. The van der Waals surface area contributed by atoms with E-state index in [9.17, 15) is 0 Å². The van der Waals surface area contributed by atoms with Crippen LogP contribution in [0.2, 0.25) is 0 Å². The highest BCUT2D eigenvalue weighted by molar-refractivity contribution is 5.21. The molecule has 14 heavy (non-hydrogen) atoms. The van der Waals surface area contributed by atoms with Gasteiger partial charge >= 0.3 is 0 Å². The first-order valence-electron chi connectivity index (χ1n) is 5.61. The monoisotopic (exact) mass is 188 g/mol. The van der Waals surface area contributed by atoms with Gasteiger partial charge in [0.2, 0.25) is 0 Å². The summed E-state index contributed by atoms with van der Waals surface area (Å²) >= 11 is 0. The van der Waals surface area contributed by atoms with Gasteiger partial charge in [-0.1, -0.05) is 43.2 Å². The molecule has 1 heteroatoms. The minimum absolute atomic E-state index is 0.250. The lowest BCUT2D eigenvalue weighted by Crippen LogP contribution is -2.22. The molecule has 0 N–H and O–H groups in total. The summed E-state index contributed by atoms with van der Waals surface area (Å²) in [5, 5.41) is 0. The molecule has 0 spiro atoms. The van der Waals surface area contributed by atoms with Crippen molar-refractivity contribution in [3.8, 4) is 0 Å². The number of benzene rings is 1. The van der Waals surface area contributed by atoms with Gasteiger partial charge in [-0.2, -0.15) is 0 Å². The first-order chi connectivity index (χ1) is 6.89. The van der Waals surface area contributed by atoms with Crippen LogP contribution in [0.15, 0.2) is 30.3 Å². The average molecular weight is 188 g/mol. The number of hydrogen-bond acceptors (Lipinski definition) is 1. The van der Waals surface area contributed by atoms with Gasteiger partial charge in [0.15, 0.2) is 0 Å². The molecule has 0 unspecified atom stereocenters. The van der Waals surface area contributed by atoms with Crippen molar-refractivity contribution in [3.63, 3.8) is 0 Å². The molecule has 1 saturated heterocycles. The zero-order valence-corrected chi connectivity index (χ0v) is 8.41. The van der Waals surface area contributed by atoms with Gasteiger partial charge in [-0.3, -0.25) is 0 Å². The van der Waals surface area contributed by atoms with Gasteiger partial charge in [0.25, 0.3) is 0 Å². The number of epoxide rings is 1. The zero-order valence-electron chi connectivity index (χ0n) is 8.41. The quantitative estimate of drug-likeness (QED) is 0.650. The van der Waals surface area contributed by atoms with E-state index in [4.69, 9.17) is 4.74 Å². The van der Waals surface area contributed by atoms with Crippen molar-refractivity contribution in [1.82, 2.24) is 0 Å². The lowest BCUT2D eigenvalue weighted by atomic mass is 9.84. The molecule has 1 aromatic rings. The predicted molar refractivity (Wildman–Crippen MR) is 56.2 cm³/mol. The summed E-state index contributed by atoms with van der Waals surface area (Å²) in [4.78, 5) is 0. The van der Waals surface area contributed by atoms with E-state index in [1.54, 1.807) is 0 Å². The molecule has 2 aliphatic rings. The van der Waals surface area contributed by atoms with Crippen LogP contribution in [0, 0.1) is 0 Å². The first kappa shape index (κ1) is 8.49. The van der Waals surface area contributed by atoms with Crippen LogP contribution >= 0.6 is 0 Å². The number of rotatable bonds is 2. The van der Waals surface area contributed by atoms with E-state index in [0.29, 0.717) is 6.10 Å². The normalized spacial score (nSPS) is 35.0.